The average molecular weight is 316 g/mol. The molecule has 0 spiro atoms. The molecule has 0 radical (unpaired) electrons. The van der Waals surface area contributed by atoms with Crippen molar-refractivity contribution in [2.24, 2.45) is 10.7 Å². The van der Waals surface area contributed by atoms with Gasteiger partial charge >= 0.3 is 0 Å². The summed E-state index contributed by atoms with van der Waals surface area (Å²) in [6.45, 7) is 5.13. The number of hydrogen-bond donors (Lipinski definition) is 2. The number of benzene rings is 1. The van der Waals surface area contributed by atoms with Gasteiger partial charge in [0.1, 0.15) is 0 Å². The first-order valence-corrected chi connectivity index (χ1v) is 6.94. The minimum absolute atomic E-state index is 0.0587. The van der Waals surface area contributed by atoms with E-state index >= 15 is 0 Å². The predicted octanol–water partition coefficient (Wildman–Crippen LogP) is 2.85. The van der Waals surface area contributed by atoms with Crippen molar-refractivity contribution < 1.29 is 0 Å². The van der Waals surface area contributed by atoms with E-state index in [0.717, 1.165) is 11.0 Å². The summed E-state index contributed by atoms with van der Waals surface area (Å²) in [5.41, 5.74) is 5.62. The Labute approximate surface area is 115 Å². The smallest absolute Gasteiger partial charge is 0.188 e. The standard InChI is InChI=1S/C12H18BrN3S/c1-12(2,8-16-11(14)15-3)17-10-6-4-9(13)5-7-10/h4-7H,8H2,1-3H3,(H3,14,15,16). The van der Waals surface area contributed by atoms with Crippen molar-refractivity contribution in [3.63, 3.8) is 0 Å². The molecule has 0 bridgehead atoms. The van der Waals surface area contributed by atoms with E-state index in [0.29, 0.717) is 5.96 Å². The maximum Gasteiger partial charge on any atom is 0.188 e. The minimum Gasteiger partial charge on any atom is -0.370 e. The van der Waals surface area contributed by atoms with E-state index in [1.54, 1.807) is 7.05 Å². The Morgan fingerprint density at radius 2 is 2.00 bits per heavy atom. The van der Waals surface area contributed by atoms with Gasteiger partial charge in [-0.1, -0.05) is 15.9 Å². The number of guanidine groups is 1. The summed E-state index contributed by atoms with van der Waals surface area (Å²) in [4.78, 5) is 5.12. The maximum absolute atomic E-state index is 5.62. The molecule has 0 amide bonds. The highest BCUT2D eigenvalue weighted by molar-refractivity contribution is 9.10. The van der Waals surface area contributed by atoms with Crippen molar-refractivity contribution in [1.82, 2.24) is 5.32 Å². The lowest BCUT2D eigenvalue weighted by atomic mass is 10.2. The van der Waals surface area contributed by atoms with Crippen molar-refractivity contribution in [2.75, 3.05) is 13.6 Å². The summed E-state index contributed by atoms with van der Waals surface area (Å²) >= 11 is 5.24. The number of hydrogen-bond acceptors (Lipinski definition) is 2. The second kappa shape index (κ2) is 6.31. The molecule has 5 heteroatoms. The first kappa shape index (κ1) is 14.4. The molecule has 1 aromatic carbocycles. The molecule has 0 aliphatic carbocycles. The molecule has 0 unspecified atom stereocenters. The number of nitrogens with one attached hydrogen (secondary N) is 1. The molecule has 0 atom stereocenters. The summed E-state index contributed by atoms with van der Waals surface area (Å²) in [7, 11) is 1.68. The Morgan fingerprint density at radius 3 is 2.53 bits per heavy atom. The Hall–Kier alpha value is -0.680. The molecule has 1 rings (SSSR count). The van der Waals surface area contributed by atoms with Crippen molar-refractivity contribution in [1.29, 1.82) is 0 Å². The summed E-state index contributed by atoms with van der Waals surface area (Å²) in [5.74, 6) is 0.481. The van der Waals surface area contributed by atoms with E-state index in [4.69, 9.17) is 5.73 Å². The molecular weight excluding hydrogens is 298 g/mol. The normalized spacial score (nSPS) is 12.6. The van der Waals surface area contributed by atoms with Crippen LogP contribution in [-0.2, 0) is 0 Å². The Morgan fingerprint density at radius 1 is 1.41 bits per heavy atom. The zero-order valence-corrected chi connectivity index (χ0v) is 12.7. The molecule has 3 nitrogen and oxygen atoms in total. The quantitative estimate of drug-likeness (QED) is 0.510. The first-order valence-electron chi connectivity index (χ1n) is 5.34. The fourth-order valence-electron chi connectivity index (χ4n) is 1.24. The zero-order valence-electron chi connectivity index (χ0n) is 10.3. The van der Waals surface area contributed by atoms with Crippen LogP contribution in [0.3, 0.4) is 0 Å². The van der Waals surface area contributed by atoms with E-state index in [9.17, 15) is 0 Å². The average Bonchev–Trinajstić information content (AvgIpc) is 2.29. The van der Waals surface area contributed by atoms with E-state index < -0.39 is 0 Å². The lowest BCUT2D eigenvalue weighted by molar-refractivity contribution is 0.675. The van der Waals surface area contributed by atoms with E-state index in [1.165, 1.54) is 4.90 Å². The van der Waals surface area contributed by atoms with Crippen LogP contribution in [0.1, 0.15) is 13.8 Å². The van der Waals surface area contributed by atoms with Gasteiger partial charge in [0.25, 0.3) is 0 Å². The van der Waals surface area contributed by atoms with Gasteiger partial charge in [0.05, 0.1) is 0 Å². The monoisotopic (exact) mass is 315 g/mol. The minimum atomic E-state index is 0.0587. The molecule has 0 fully saturated rings. The van der Waals surface area contributed by atoms with Crippen LogP contribution >= 0.6 is 27.7 Å². The third-order valence-electron chi connectivity index (χ3n) is 2.14. The largest absolute Gasteiger partial charge is 0.370 e. The van der Waals surface area contributed by atoms with E-state index in [1.807, 2.05) is 23.9 Å². The summed E-state index contributed by atoms with van der Waals surface area (Å²) in [6.07, 6.45) is 0. The molecule has 0 heterocycles. The van der Waals surface area contributed by atoms with Crippen LogP contribution in [0.2, 0.25) is 0 Å². The molecule has 1 aromatic rings. The zero-order chi connectivity index (χ0) is 12.9. The fraction of sp³-hybridized carbons (Fsp3) is 0.417. The van der Waals surface area contributed by atoms with Gasteiger partial charge in [-0.3, -0.25) is 4.99 Å². The van der Waals surface area contributed by atoms with Crippen LogP contribution in [0.25, 0.3) is 0 Å². The van der Waals surface area contributed by atoms with Gasteiger partial charge in [-0.05, 0) is 38.1 Å². The van der Waals surface area contributed by atoms with E-state index in [2.05, 4.69) is 52.2 Å². The molecule has 0 aromatic heterocycles. The lowest BCUT2D eigenvalue weighted by Gasteiger charge is -2.24. The molecule has 0 saturated heterocycles. The number of thioether (sulfide) groups is 1. The van der Waals surface area contributed by atoms with Gasteiger partial charge in [0.15, 0.2) is 5.96 Å². The molecular formula is C12H18BrN3S. The van der Waals surface area contributed by atoms with Crippen molar-refractivity contribution in [2.45, 2.75) is 23.5 Å². The van der Waals surface area contributed by atoms with Crippen molar-refractivity contribution in [3.05, 3.63) is 28.7 Å². The molecule has 0 aliphatic heterocycles. The highest BCUT2D eigenvalue weighted by Crippen LogP contribution is 2.32. The number of halogens is 1. The predicted molar refractivity (Wildman–Crippen MR) is 79.6 cm³/mol. The van der Waals surface area contributed by atoms with Crippen molar-refractivity contribution >= 4 is 33.7 Å². The SMILES string of the molecule is CN=C(N)NCC(C)(C)Sc1ccc(Br)cc1. The van der Waals surface area contributed by atoms with Gasteiger partial charge in [-0.25, -0.2) is 0 Å². The Bertz CT molecular complexity index is 387. The Kier molecular flexibility index (Phi) is 5.33. The number of rotatable bonds is 4. The van der Waals surface area contributed by atoms with Gasteiger partial charge in [0.2, 0.25) is 0 Å². The number of nitrogens with zero attached hydrogens (tertiary/aromatic N) is 1. The highest BCUT2D eigenvalue weighted by atomic mass is 79.9. The van der Waals surface area contributed by atoms with Crippen molar-refractivity contribution in [3.8, 4) is 0 Å². The number of nitrogens with two attached hydrogens (primary N) is 1. The lowest BCUT2D eigenvalue weighted by Crippen LogP contribution is -2.40. The summed E-state index contributed by atoms with van der Waals surface area (Å²) in [6, 6.07) is 8.31. The molecule has 0 aliphatic rings. The highest BCUT2D eigenvalue weighted by Gasteiger charge is 2.19. The maximum atomic E-state index is 5.62. The van der Waals surface area contributed by atoms with Crippen LogP contribution < -0.4 is 11.1 Å². The van der Waals surface area contributed by atoms with Gasteiger partial charge in [-0.2, -0.15) is 0 Å². The van der Waals surface area contributed by atoms with Gasteiger partial charge in [-0.15, -0.1) is 11.8 Å². The second-order valence-corrected chi connectivity index (χ2v) is 6.97. The third-order valence-corrected chi connectivity index (χ3v) is 3.88. The molecule has 3 N–H and O–H groups in total. The third kappa shape index (κ3) is 5.46. The van der Waals surface area contributed by atoms with E-state index in [-0.39, 0.29) is 4.75 Å². The molecule has 17 heavy (non-hydrogen) atoms. The van der Waals surface area contributed by atoms with Crippen LogP contribution in [0.5, 0.6) is 0 Å². The first-order chi connectivity index (χ1) is 7.93. The summed E-state index contributed by atoms with van der Waals surface area (Å²) < 4.78 is 1.16. The van der Waals surface area contributed by atoms with Crippen LogP contribution in [-0.4, -0.2) is 24.3 Å². The van der Waals surface area contributed by atoms with Crippen LogP contribution in [0, 0.1) is 0 Å². The van der Waals surface area contributed by atoms with Gasteiger partial charge in [0, 0.05) is 27.7 Å². The topological polar surface area (TPSA) is 50.4 Å². The summed E-state index contributed by atoms with van der Waals surface area (Å²) in [5, 5.41) is 3.10. The van der Waals surface area contributed by atoms with Crippen LogP contribution in [0.4, 0.5) is 0 Å². The second-order valence-electron chi connectivity index (χ2n) is 4.28. The van der Waals surface area contributed by atoms with Gasteiger partial charge < -0.3 is 11.1 Å². The number of aliphatic imine (C=N–C) groups is 1. The molecule has 94 valence electrons. The molecule has 0 saturated carbocycles. The fourth-order valence-corrected chi connectivity index (χ4v) is 2.56. The van der Waals surface area contributed by atoms with Crippen LogP contribution in [0.15, 0.2) is 38.6 Å². The Balaban J connectivity index is 2.56.